The minimum absolute atomic E-state index is 0.0704. The minimum Gasteiger partial charge on any atom is -0.395 e. The Morgan fingerprint density at radius 2 is 2.00 bits per heavy atom. The van der Waals surface area contributed by atoms with E-state index in [1.54, 1.807) is 6.07 Å². The van der Waals surface area contributed by atoms with Crippen LogP contribution in [0.4, 0.5) is 0 Å². The number of amides is 1. The first-order valence-corrected chi connectivity index (χ1v) is 6.53. The first-order chi connectivity index (χ1) is 10.3. The Kier molecular flexibility index (Phi) is 5.44. The van der Waals surface area contributed by atoms with Crippen molar-refractivity contribution in [2.45, 2.75) is 13.0 Å². The van der Waals surface area contributed by atoms with Crippen LogP contribution in [0.1, 0.15) is 27.9 Å². The fraction of sp³-hybridized carbons (Fsp3) is 0.188. The van der Waals surface area contributed by atoms with Gasteiger partial charge >= 0.3 is 0 Å². The van der Waals surface area contributed by atoms with Gasteiger partial charge in [-0.3, -0.25) is 4.79 Å². The smallest absolute Gasteiger partial charge is 0.253 e. The average Bonchev–Trinajstić information content (AvgIpc) is 2.55. The minimum atomic E-state index is -0.184. The summed E-state index contributed by atoms with van der Waals surface area (Å²) in [6, 6.07) is 9.21. The van der Waals surface area contributed by atoms with E-state index in [-0.39, 0.29) is 12.5 Å². The van der Waals surface area contributed by atoms with Crippen LogP contribution >= 0.6 is 0 Å². The van der Waals surface area contributed by atoms with Crippen molar-refractivity contribution in [2.75, 3.05) is 6.61 Å². The Labute approximate surface area is 123 Å². The number of carbonyl (C=O) groups is 1. The molecule has 0 aliphatic carbocycles. The van der Waals surface area contributed by atoms with Gasteiger partial charge in [0.05, 0.1) is 24.6 Å². The number of hydrogen-bond donors (Lipinski definition) is 2. The fourth-order valence-corrected chi connectivity index (χ4v) is 1.64. The molecule has 5 nitrogen and oxygen atoms in total. The highest BCUT2D eigenvalue weighted by Gasteiger charge is 2.04. The van der Waals surface area contributed by atoms with E-state index in [1.807, 2.05) is 24.3 Å². The SMILES string of the molecule is O=C(NCc1ccc(C#CCCO)cc1)c1ccnnc1. The Bertz CT molecular complexity index is 643. The molecule has 0 radical (unpaired) electrons. The second kappa shape index (κ2) is 7.78. The zero-order valence-corrected chi connectivity index (χ0v) is 11.4. The van der Waals surface area contributed by atoms with Gasteiger partial charge in [-0.2, -0.15) is 10.2 Å². The summed E-state index contributed by atoms with van der Waals surface area (Å²) in [4.78, 5) is 11.8. The van der Waals surface area contributed by atoms with Gasteiger partial charge in [-0.1, -0.05) is 24.0 Å². The molecular weight excluding hydrogens is 266 g/mol. The van der Waals surface area contributed by atoms with Crippen LogP contribution in [0.25, 0.3) is 0 Å². The molecule has 106 valence electrons. The van der Waals surface area contributed by atoms with Crippen LogP contribution in [0.3, 0.4) is 0 Å². The number of nitrogens with zero attached hydrogens (tertiary/aromatic N) is 2. The first kappa shape index (κ1) is 14.7. The second-order valence-corrected chi connectivity index (χ2v) is 4.29. The maximum Gasteiger partial charge on any atom is 0.253 e. The van der Waals surface area contributed by atoms with Crippen LogP contribution < -0.4 is 5.32 Å². The van der Waals surface area contributed by atoms with Crippen LogP contribution in [0.15, 0.2) is 42.7 Å². The lowest BCUT2D eigenvalue weighted by Crippen LogP contribution is -2.22. The number of aromatic nitrogens is 2. The molecule has 1 heterocycles. The summed E-state index contributed by atoms with van der Waals surface area (Å²) in [5.74, 6) is 5.63. The molecule has 21 heavy (non-hydrogen) atoms. The van der Waals surface area contributed by atoms with Crippen LogP contribution in [-0.2, 0) is 6.54 Å². The van der Waals surface area contributed by atoms with Gasteiger partial charge in [-0.25, -0.2) is 0 Å². The standard InChI is InChI=1S/C16H15N3O2/c20-10-2-1-3-13-4-6-14(7-5-13)11-17-16(21)15-8-9-18-19-12-15/h4-9,12,20H,2,10-11H2,(H,17,21). The summed E-state index contributed by atoms with van der Waals surface area (Å²) in [5.41, 5.74) is 2.35. The summed E-state index contributed by atoms with van der Waals surface area (Å²) in [6.07, 6.45) is 3.38. The molecule has 2 N–H and O–H groups in total. The highest BCUT2D eigenvalue weighted by Crippen LogP contribution is 2.04. The summed E-state index contributed by atoms with van der Waals surface area (Å²) in [7, 11) is 0. The number of hydrogen-bond acceptors (Lipinski definition) is 4. The number of benzene rings is 1. The van der Waals surface area contributed by atoms with Gasteiger partial charge in [0, 0.05) is 18.5 Å². The van der Waals surface area contributed by atoms with Crippen molar-refractivity contribution in [3.05, 3.63) is 59.4 Å². The average molecular weight is 281 g/mol. The molecule has 0 spiro atoms. The molecule has 0 unspecified atom stereocenters. The Hall–Kier alpha value is -2.71. The quantitative estimate of drug-likeness (QED) is 0.824. The number of carbonyl (C=O) groups excluding carboxylic acids is 1. The maximum atomic E-state index is 11.8. The lowest BCUT2D eigenvalue weighted by molar-refractivity contribution is 0.0950. The Balaban J connectivity index is 1.90. The molecule has 5 heteroatoms. The largest absolute Gasteiger partial charge is 0.395 e. The molecule has 0 saturated carbocycles. The number of aliphatic hydroxyl groups excluding tert-OH is 1. The molecule has 0 aliphatic heterocycles. The van der Waals surface area contributed by atoms with Gasteiger partial charge in [-0.15, -0.1) is 0 Å². The van der Waals surface area contributed by atoms with E-state index in [1.165, 1.54) is 12.4 Å². The molecule has 1 amide bonds. The second-order valence-electron chi connectivity index (χ2n) is 4.29. The monoisotopic (exact) mass is 281 g/mol. The van der Waals surface area contributed by atoms with E-state index in [0.29, 0.717) is 18.5 Å². The third-order valence-corrected chi connectivity index (χ3v) is 2.72. The first-order valence-electron chi connectivity index (χ1n) is 6.53. The molecule has 0 bridgehead atoms. The Morgan fingerprint density at radius 3 is 2.67 bits per heavy atom. The van der Waals surface area contributed by atoms with Crippen LogP contribution in [0.5, 0.6) is 0 Å². The van der Waals surface area contributed by atoms with Gasteiger partial charge in [0.2, 0.25) is 0 Å². The fourth-order valence-electron chi connectivity index (χ4n) is 1.64. The van der Waals surface area contributed by atoms with E-state index < -0.39 is 0 Å². The van der Waals surface area contributed by atoms with Gasteiger partial charge < -0.3 is 10.4 Å². The topological polar surface area (TPSA) is 75.1 Å². The van der Waals surface area contributed by atoms with Crippen molar-refractivity contribution in [1.82, 2.24) is 15.5 Å². The van der Waals surface area contributed by atoms with Gasteiger partial charge in [0.15, 0.2) is 0 Å². The molecule has 0 saturated heterocycles. The molecule has 1 aromatic heterocycles. The molecular formula is C16H15N3O2. The van der Waals surface area contributed by atoms with Crippen LogP contribution in [0.2, 0.25) is 0 Å². The van der Waals surface area contributed by atoms with Gasteiger partial charge in [0.1, 0.15) is 0 Å². The van der Waals surface area contributed by atoms with Crippen molar-refractivity contribution >= 4 is 5.91 Å². The summed E-state index contributed by atoms with van der Waals surface area (Å²) in [6.45, 7) is 0.506. The van der Waals surface area contributed by atoms with Crippen molar-refractivity contribution in [1.29, 1.82) is 0 Å². The third-order valence-electron chi connectivity index (χ3n) is 2.72. The molecule has 0 fully saturated rings. The molecule has 2 aromatic rings. The van der Waals surface area contributed by atoms with Crippen molar-refractivity contribution in [2.24, 2.45) is 0 Å². The predicted molar refractivity (Wildman–Crippen MR) is 78.2 cm³/mol. The van der Waals surface area contributed by atoms with Crippen molar-refractivity contribution in [3.63, 3.8) is 0 Å². The summed E-state index contributed by atoms with van der Waals surface area (Å²) in [5, 5.41) is 18.8. The third kappa shape index (κ3) is 4.71. The van der Waals surface area contributed by atoms with E-state index in [0.717, 1.165) is 11.1 Å². The molecule has 0 atom stereocenters. The van der Waals surface area contributed by atoms with Crippen LogP contribution in [0, 0.1) is 11.8 Å². The normalized spacial score (nSPS) is 9.57. The number of aliphatic hydroxyl groups is 1. The van der Waals surface area contributed by atoms with E-state index in [2.05, 4.69) is 27.4 Å². The zero-order chi connectivity index (χ0) is 14.9. The molecule has 2 rings (SSSR count). The van der Waals surface area contributed by atoms with Crippen molar-refractivity contribution in [3.8, 4) is 11.8 Å². The van der Waals surface area contributed by atoms with E-state index in [9.17, 15) is 4.79 Å². The number of rotatable bonds is 4. The summed E-state index contributed by atoms with van der Waals surface area (Å²) >= 11 is 0. The van der Waals surface area contributed by atoms with Crippen molar-refractivity contribution < 1.29 is 9.90 Å². The molecule has 1 aromatic carbocycles. The van der Waals surface area contributed by atoms with E-state index in [4.69, 9.17) is 5.11 Å². The van der Waals surface area contributed by atoms with Gasteiger partial charge in [-0.05, 0) is 23.8 Å². The highest BCUT2D eigenvalue weighted by molar-refractivity contribution is 5.93. The highest BCUT2D eigenvalue weighted by atomic mass is 16.2. The molecule has 0 aliphatic rings. The zero-order valence-electron chi connectivity index (χ0n) is 11.4. The maximum absolute atomic E-state index is 11.8. The number of nitrogens with one attached hydrogen (secondary N) is 1. The van der Waals surface area contributed by atoms with Gasteiger partial charge in [0.25, 0.3) is 5.91 Å². The lowest BCUT2D eigenvalue weighted by Gasteiger charge is -2.05. The van der Waals surface area contributed by atoms with E-state index >= 15 is 0 Å². The Morgan fingerprint density at radius 1 is 1.19 bits per heavy atom. The predicted octanol–water partition coefficient (Wildman–Crippen LogP) is 1.14. The lowest BCUT2D eigenvalue weighted by atomic mass is 10.1. The summed E-state index contributed by atoms with van der Waals surface area (Å²) < 4.78 is 0. The van der Waals surface area contributed by atoms with Crippen LogP contribution in [-0.4, -0.2) is 27.8 Å².